The molecule has 278 valence electrons. The molecule has 57 heavy (non-hydrogen) atoms. The summed E-state index contributed by atoms with van der Waals surface area (Å²) in [6.45, 7) is 18.5. The zero-order valence-electron chi connectivity index (χ0n) is 34.2. The molecule has 0 bridgehead atoms. The highest BCUT2D eigenvalue weighted by molar-refractivity contribution is 6.73. The molecule has 1 aliphatic carbocycles. The van der Waals surface area contributed by atoms with Crippen LogP contribution in [-0.4, -0.2) is 11.8 Å². The van der Waals surface area contributed by atoms with E-state index in [0.29, 0.717) is 0 Å². The summed E-state index contributed by atoms with van der Waals surface area (Å²) in [6.07, 6.45) is 0. The van der Waals surface area contributed by atoms with Crippen molar-refractivity contribution in [3.05, 3.63) is 150 Å². The van der Waals surface area contributed by atoms with Gasteiger partial charge in [-0.05, 0) is 110 Å². The number of hydrogen-bond acceptors (Lipinski definition) is 2. The number of hydrogen-bond donors (Lipinski definition) is 1. The van der Waals surface area contributed by atoms with E-state index in [1.54, 1.807) is 0 Å². The lowest BCUT2D eigenvalue weighted by molar-refractivity contribution is 0.590. The van der Waals surface area contributed by atoms with Gasteiger partial charge in [0.2, 0.25) is 0 Å². The Morgan fingerprint density at radius 3 is 2.09 bits per heavy atom. The first-order chi connectivity index (χ1) is 27.3. The number of anilines is 2. The second-order valence-corrected chi connectivity index (χ2v) is 19.1. The first-order valence-corrected chi connectivity index (χ1v) is 20.5. The lowest BCUT2D eigenvalue weighted by Crippen LogP contribution is -2.37. The molecule has 3 nitrogen and oxygen atoms in total. The molecule has 1 N–H and O–H groups in total. The Morgan fingerprint density at radius 2 is 1.30 bits per heavy atom. The molecule has 7 aromatic carbocycles. The summed E-state index contributed by atoms with van der Waals surface area (Å²) in [6, 6.07) is 47.9. The number of benzene rings is 7. The fourth-order valence-corrected chi connectivity index (χ4v) is 9.94. The maximum Gasteiger partial charge on any atom is 0.198 e. The Hall–Kier alpha value is -6.00. The molecule has 0 fully saturated rings. The first-order valence-electron chi connectivity index (χ1n) is 20.5. The molecule has 11 rings (SSSR count). The minimum atomic E-state index is -0.105. The Labute approximate surface area is 335 Å². The van der Waals surface area contributed by atoms with Crippen molar-refractivity contribution in [3.8, 4) is 27.9 Å². The smallest absolute Gasteiger partial charge is 0.198 e. The first kappa shape index (κ1) is 34.3. The highest BCUT2D eigenvalue weighted by Crippen LogP contribution is 2.51. The van der Waals surface area contributed by atoms with Crippen LogP contribution >= 0.6 is 0 Å². The lowest BCUT2D eigenvalue weighted by Gasteiger charge is -2.26. The van der Waals surface area contributed by atoms with Gasteiger partial charge in [-0.25, -0.2) is 0 Å². The van der Waals surface area contributed by atoms with Crippen molar-refractivity contribution in [1.82, 2.24) is 4.57 Å². The zero-order chi connectivity index (χ0) is 39.2. The van der Waals surface area contributed by atoms with Crippen LogP contribution in [0.5, 0.6) is 0 Å². The zero-order valence-corrected chi connectivity index (χ0v) is 34.2. The van der Waals surface area contributed by atoms with Crippen molar-refractivity contribution < 1.29 is 4.42 Å². The van der Waals surface area contributed by atoms with Crippen molar-refractivity contribution in [2.24, 2.45) is 0 Å². The monoisotopic (exact) mass is 738 g/mol. The molecule has 0 saturated heterocycles. The number of fused-ring (bicyclic) bond motifs is 11. The summed E-state index contributed by atoms with van der Waals surface area (Å²) in [4.78, 5) is 0. The van der Waals surface area contributed by atoms with Gasteiger partial charge in [-0.2, -0.15) is 0 Å². The van der Waals surface area contributed by atoms with Gasteiger partial charge in [0.15, 0.2) is 7.28 Å². The standard InChI is InChI=1S/C53H47BN2O/c1-51(2,3)30-17-20-32(21-18-30)55-44-24-19-31(52(4,5)6)25-38(44)35-22-23-36-39-26-37-33-13-9-11-15-41(33)53(7,8)42(37)28-45(39)56-46-27-40-34-14-10-12-16-47(34)57-48(40)29-43(46)54-49(35)50(36)56/h9-29,54-55H,1-8H3. The van der Waals surface area contributed by atoms with Gasteiger partial charge in [0.25, 0.3) is 0 Å². The summed E-state index contributed by atoms with van der Waals surface area (Å²) in [7, 11) is 0.804. The maximum atomic E-state index is 6.54. The predicted octanol–water partition coefficient (Wildman–Crippen LogP) is 12.7. The molecule has 2 aromatic heterocycles. The van der Waals surface area contributed by atoms with Crippen molar-refractivity contribution in [2.45, 2.75) is 71.6 Å². The van der Waals surface area contributed by atoms with E-state index in [2.05, 4.69) is 193 Å². The summed E-state index contributed by atoms with van der Waals surface area (Å²) in [5, 5.41) is 8.79. The predicted molar refractivity (Wildman–Crippen MR) is 245 cm³/mol. The van der Waals surface area contributed by atoms with Crippen LogP contribution in [-0.2, 0) is 16.2 Å². The molecule has 2 aliphatic rings. The van der Waals surface area contributed by atoms with E-state index in [4.69, 9.17) is 4.42 Å². The van der Waals surface area contributed by atoms with Gasteiger partial charge >= 0.3 is 0 Å². The third-order valence-electron chi connectivity index (χ3n) is 13.1. The van der Waals surface area contributed by atoms with Crippen LogP contribution < -0.4 is 16.2 Å². The van der Waals surface area contributed by atoms with Crippen LogP contribution in [0.25, 0.3) is 71.7 Å². The fourth-order valence-electron chi connectivity index (χ4n) is 9.94. The molecule has 0 saturated carbocycles. The maximum absolute atomic E-state index is 6.54. The second kappa shape index (κ2) is 11.5. The average Bonchev–Trinajstić information content (AvgIpc) is 3.79. The molecule has 0 unspecified atom stereocenters. The summed E-state index contributed by atoms with van der Waals surface area (Å²) >= 11 is 0. The molecule has 0 atom stereocenters. The summed E-state index contributed by atoms with van der Waals surface area (Å²) in [5.74, 6) is 0. The Bertz CT molecular complexity index is 3160. The third-order valence-corrected chi connectivity index (χ3v) is 13.1. The third kappa shape index (κ3) is 4.99. The number of furan rings is 1. The molecular formula is C53H47BN2O. The quantitative estimate of drug-likeness (QED) is 0.183. The molecule has 0 amide bonds. The minimum absolute atomic E-state index is 0.0129. The largest absolute Gasteiger partial charge is 0.456 e. The molecule has 3 heterocycles. The van der Waals surface area contributed by atoms with Gasteiger partial charge in [0, 0.05) is 55.1 Å². The van der Waals surface area contributed by atoms with Crippen LogP contribution in [0.15, 0.2) is 132 Å². The lowest BCUT2D eigenvalue weighted by atomic mass is 9.59. The summed E-state index contributed by atoms with van der Waals surface area (Å²) < 4.78 is 9.13. The van der Waals surface area contributed by atoms with Gasteiger partial charge in [-0.3, -0.25) is 0 Å². The average molecular weight is 739 g/mol. The number of aromatic nitrogens is 1. The molecule has 1 aliphatic heterocycles. The van der Waals surface area contributed by atoms with E-state index in [9.17, 15) is 0 Å². The highest BCUT2D eigenvalue weighted by atomic mass is 16.3. The van der Waals surface area contributed by atoms with Crippen molar-refractivity contribution in [3.63, 3.8) is 0 Å². The summed E-state index contributed by atoms with van der Waals surface area (Å²) in [5.41, 5.74) is 21.1. The van der Waals surface area contributed by atoms with E-state index in [-0.39, 0.29) is 16.2 Å². The number of nitrogens with zero attached hydrogens (tertiary/aromatic N) is 1. The van der Waals surface area contributed by atoms with Crippen LogP contribution in [0.2, 0.25) is 0 Å². The molecule has 4 heteroatoms. The molecule has 0 spiro atoms. The SMILES string of the molecule is CC(C)(C)c1ccc(Nc2ccc(C(C)(C)C)cc2-c2ccc3c4cc5c(cc4n4c3c2Bc2cc3oc6ccccc6c3cc2-4)C(C)(C)c2ccccc2-5)cc1. The van der Waals surface area contributed by atoms with E-state index in [1.165, 1.54) is 82.9 Å². The fraction of sp³-hybridized carbons (Fsp3) is 0.208. The van der Waals surface area contributed by atoms with E-state index in [1.807, 2.05) is 0 Å². The normalized spacial score (nSPS) is 14.2. The van der Waals surface area contributed by atoms with Crippen molar-refractivity contribution in [2.75, 3.05) is 5.32 Å². The van der Waals surface area contributed by atoms with Crippen LogP contribution in [0.1, 0.15) is 77.6 Å². The topological polar surface area (TPSA) is 30.1 Å². The van der Waals surface area contributed by atoms with Crippen LogP contribution in [0.3, 0.4) is 0 Å². The van der Waals surface area contributed by atoms with Gasteiger partial charge in [-0.1, -0.05) is 134 Å². The minimum Gasteiger partial charge on any atom is -0.456 e. The van der Waals surface area contributed by atoms with E-state index >= 15 is 0 Å². The molecule has 9 aromatic rings. The highest BCUT2D eigenvalue weighted by Gasteiger charge is 2.37. The van der Waals surface area contributed by atoms with Crippen molar-refractivity contribution in [1.29, 1.82) is 0 Å². The van der Waals surface area contributed by atoms with Gasteiger partial charge < -0.3 is 14.3 Å². The Morgan fingerprint density at radius 1 is 0.561 bits per heavy atom. The van der Waals surface area contributed by atoms with Crippen LogP contribution in [0.4, 0.5) is 11.4 Å². The van der Waals surface area contributed by atoms with Gasteiger partial charge in [0.1, 0.15) is 11.2 Å². The molecular weight excluding hydrogens is 691 g/mol. The van der Waals surface area contributed by atoms with Crippen molar-refractivity contribution >= 4 is 73.3 Å². The number of para-hydroxylation sites is 1. The van der Waals surface area contributed by atoms with E-state index < -0.39 is 0 Å². The van der Waals surface area contributed by atoms with Gasteiger partial charge in [0.05, 0.1) is 5.52 Å². The van der Waals surface area contributed by atoms with Gasteiger partial charge in [-0.15, -0.1) is 0 Å². The van der Waals surface area contributed by atoms with E-state index in [0.717, 1.165) is 40.6 Å². The van der Waals surface area contributed by atoms with Crippen LogP contribution in [0, 0.1) is 0 Å². The molecule has 0 radical (unpaired) electrons. The number of nitrogens with one attached hydrogen (secondary N) is 1. The second-order valence-electron chi connectivity index (χ2n) is 19.1. The Balaban J connectivity index is 1.20. The number of rotatable bonds is 3. The Kier molecular flexibility index (Phi) is 6.94.